The molecule has 0 unspecified atom stereocenters. The Labute approximate surface area is 172 Å². The van der Waals surface area contributed by atoms with Gasteiger partial charge >= 0.3 is 6.03 Å². The molecule has 1 fully saturated rings. The highest BCUT2D eigenvalue weighted by Gasteiger charge is 2.27. The van der Waals surface area contributed by atoms with E-state index >= 15 is 0 Å². The average Bonchev–Trinajstić information content (AvgIpc) is 3.35. The summed E-state index contributed by atoms with van der Waals surface area (Å²) in [5.41, 5.74) is 2.01. The van der Waals surface area contributed by atoms with Crippen LogP contribution in [0.15, 0.2) is 47.5 Å². The number of aromatic amines is 1. The molecule has 2 aromatic rings. The number of aromatic nitrogens is 5. The third-order valence-corrected chi connectivity index (χ3v) is 5.75. The van der Waals surface area contributed by atoms with Crippen molar-refractivity contribution in [2.24, 2.45) is 0 Å². The number of rotatable bonds is 2. The van der Waals surface area contributed by atoms with Crippen LogP contribution in [-0.2, 0) is 0 Å². The van der Waals surface area contributed by atoms with E-state index in [1.54, 1.807) is 12.4 Å². The number of pyridine rings is 1. The molecule has 9 nitrogen and oxygen atoms in total. The number of fused-ring (bicyclic) bond motifs is 3. The molecular formula is C21H23N7O2. The Balaban J connectivity index is 1.52. The Hall–Kier alpha value is -3.46. The molecule has 0 saturated carbocycles. The summed E-state index contributed by atoms with van der Waals surface area (Å²) in [5.74, 6) is 0. The smallest absolute Gasteiger partial charge is 0.345 e. The van der Waals surface area contributed by atoms with Gasteiger partial charge < -0.3 is 9.88 Å². The number of hydrogen-bond donors (Lipinski definition) is 1. The van der Waals surface area contributed by atoms with Crippen LogP contribution in [-0.4, -0.2) is 72.6 Å². The minimum atomic E-state index is -0.210. The maximum atomic E-state index is 13.1. The minimum Gasteiger partial charge on any atom is -0.345 e. The first-order chi connectivity index (χ1) is 14.5. The summed E-state index contributed by atoms with van der Waals surface area (Å²) in [7, 11) is 0. The summed E-state index contributed by atoms with van der Waals surface area (Å²) in [6.07, 6.45) is 3.20. The van der Waals surface area contributed by atoms with Crippen molar-refractivity contribution in [2.75, 3.05) is 26.2 Å². The summed E-state index contributed by atoms with van der Waals surface area (Å²) in [6, 6.07) is 9.57. The van der Waals surface area contributed by atoms with Gasteiger partial charge in [-0.05, 0) is 26.0 Å². The molecule has 3 aliphatic rings. The second kappa shape index (κ2) is 7.10. The van der Waals surface area contributed by atoms with Gasteiger partial charge in [-0.25, -0.2) is 4.79 Å². The zero-order valence-corrected chi connectivity index (χ0v) is 16.9. The van der Waals surface area contributed by atoms with E-state index in [0.717, 1.165) is 13.1 Å². The van der Waals surface area contributed by atoms with Crippen molar-refractivity contribution in [3.8, 4) is 16.9 Å². The lowest BCUT2D eigenvalue weighted by Crippen LogP contribution is -2.51. The molecule has 9 heteroatoms. The first-order valence-electron chi connectivity index (χ1n) is 10.1. The van der Waals surface area contributed by atoms with E-state index < -0.39 is 0 Å². The van der Waals surface area contributed by atoms with Gasteiger partial charge in [0.1, 0.15) is 11.3 Å². The van der Waals surface area contributed by atoms with Crippen molar-refractivity contribution in [1.82, 2.24) is 34.3 Å². The summed E-state index contributed by atoms with van der Waals surface area (Å²) >= 11 is 0. The molecule has 1 amide bonds. The fraction of sp³-hybridized carbons (Fsp3) is 0.333. The second-order valence-corrected chi connectivity index (χ2v) is 7.82. The molecule has 1 saturated heterocycles. The molecule has 1 aromatic carbocycles. The first-order valence-corrected chi connectivity index (χ1v) is 10.1. The predicted octanol–water partition coefficient (Wildman–Crippen LogP) is 2.01. The number of hydrogen-bond acceptors (Lipinski definition) is 5. The van der Waals surface area contributed by atoms with Gasteiger partial charge in [0, 0.05) is 38.4 Å². The summed E-state index contributed by atoms with van der Waals surface area (Å²) in [5, 5.41) is 9.49. The highest BCUT2D eigenvalue weighted by atomic mass is 16.2. The van der Waals surface area contributed by atoms with Gasteiger partial charge in [0.2, 0.25) is 0 Å². The van der Waals surface area contributed by atoms with Gasteiger partial charge in [-0.3, -0.25) is 9.69 Å². The van der Waals surface area contributed by atoms with Gasteiger partial charge in [-0.1, -0.05) is 18.2 Å². The Morgan fingerprint density at radius 1 is 1.10 bits per heavy atom. The van der Waals surface area contributed by atoms with Crippen molar-refractivity contribution < 1.29 is 4.79 Å². The lowest BCUT2D eigenvalue weighted by Gasteiger charge is -2.36. The van der Waals surface area contributed by atoms with Crippen molar-refractivity contribution >= 4 is 17.1 Å². The standard InChI is InChI=1S/C21H23N7O2/c1-14(2)25-8-10-26(11-9-25)21(30)28-19-16(13-23-28)18-17(12-22-19)20(29)27(24-18)15-6-4-3-5-7-15/h3-7,12-14,22H,8-11H2,1-2H3. The molecule has 30 heavy (non-hydrogen) atoms. The van der Waals surface area contributed by atoms with Gasteiger partial charge in [0.05, 0.1) is 22.8 Å². The van der Waals surface area contributed by atoms with E-state index in [0.29, 0.717) is 47.1 Å². The van der Waals surface area contributed by atoms with Crippen LogP contribution in [0.5, 0.6) is 0 Å². The first kappa shape index (κ1) is 18.6. The molecule has 4 heterocycles. The van der Waals surface area contributed by atoms with Gasteiger partial charge in [0.15, 0.2) is 0 Å². The maximum Gasteiger partial charge on any atom is 0.346 e. The van der Waals surface area contributed by atoms with Gasteiger partial charge in [-0.2, -0.15) is 19.6 Å². The SMILES string of the molecule is CC(C)N1CCN(C(=O)n2ncc3c4nn(-c5ccccc5)c(=O)c-4c[nH]c32)CC1. The van der Waals surface area contributed by atoms with Crippen molar-refractivity contribution in [2.45, 2.75) is 19.9 Å². The van der Waals surface area contributed by atoms with Crippen LogP contribution < -0.4 is 5.56 Å². The molecule has 154 valence electrons. The number of nitrogens with one attached hydrogen (secondary N) is 1. The van der Waals surface area contributed by atoms with Crippen LogP contribution >= 0.6 is 0 Å². The van der Waals surface area contributed by atoms with E-state index in [9.17, 15) is 9.59 Å². The second-order valence-electron chi connectivity index (χ2n) is 7.82. The van der Waals surface area contributed by atoms with Crippen molar-refractivity contribution in [3.63, 3.8) is 0 Å². The number of carbonyl (C=O) groups is 1. The largest absolute Gasteiger partial charge is 0.346 e. The lowest BCUT2D eigenvalue weighted by atomic mass is 10.2. The van der Waals surface area contributed by atoms with E-state index in [2.05, 4.69) is 33.9 Å². The third kappa shape index (κ3) is 2.89. The number of benzene rings is 1. The number of carbonyl (C=O) groups excluding carboxylic acids is 1. The highest BCUT2D eigenvalue weighted by molar-refractivity contribution is 5.95. The third-order valence-electron chi connectivity index (χ3n) is 5.75. The molecule has 0 radical (unpaired) electrons. The van der Waals surface area contributed by atoms with E-state index in [1.165, 1.54) is 9.36 Å². The fourth-order valence-electron chi connectivity index (χ4n) is 4.00. The Bertz CT molecular complexity index is 1230. The van der Waals surface area contributed by atoms with Crippen LogP contribution in [0.1, 0.15) is 13.8 Å². The molecule has 0 bridgehead atoms. The highest BCUT2D eigenvalue weighted by Crippen LogP contribution is 2.26. The number of nitrogens with zero attached hydrogens (tertiary/aromatic N) is 6. The van der Waals surface area contributed by atoms with Crippen LogP contribution in [0, 0.1) is 0 Å². The molecule has 0 atom stereocenters. The molecule has 5 rings (SSSR count). The Kier molecular flexibility index (Phi) is 4.39. The number of para-hydroxylation sites is 1. The zero-order valence-electron chi connectivity index (χ0n) is 16.9. The normalized spacial score (nSPS) is 15.5. The summed E-state index contributed by atoms with van der Waals surface area (Å²) in [6.45, 7) is 7.34. The van der Waals surface area contributed by atoms with E-state index in [-0.39, 0.29) is 11.6 Å². The average molecular weight is 405 g/mol. The quantitative estimate of drug-likeness (QED) is 0.551. The zero-order chi connectivity index (χ0) is 20.8. The van der Waals surface area contributed by atoms with Crippen molar-refractivity contribution in [1.29, 1.82) is 0 Å². The van der Waals surface area contributed by atoms with Gasteiger partial charge in [-0.15, -0.1) is 0 Å². The van der Waals surface area contributed by atoms with Crippen LogP contribution in [0.3, 0.4) is 0 Å². The summed E-state index contributed by atoms with van der Waals surface area (Å²) < 4.78 is 2.74. The molecule has 0 spiro atoms. The number of H-pyrrole nitrogens is 1. The van der Waals surface area contributed by atoms with Crippen LogP contribution in [0.25, 0.3) is 28.0 Å². The van der Waals surface area contributed by atoms with Crippen LogP contribution in [0.2, 0.25) is 0 Å². The molecule has 0 aliphatic carbocycles. The lowest BCUT2D eigenvalue weighted by molar-refractivity contribution is 0.119. The van der Waals surface area contributed by atoms with Crippen molar-refractivity contribution in [3.05, 3.63) is 53.1 Å². The number of piperazine rings is 1. The minimum absolute atomic E-state index is 0.172. The fourth-order valence-corrected chi connectivity index (χ4v) is 4.00. The van der Waals surface area contributed by atoms with Crippen LogP contribution in [0.4, 0.5) is 4.79 Å². The maximum absolute atomic E-state index is 13.1. The van der Waals surface area contributed by atoms with E-state index in [1.807, 2.05) is 35.2 Å². The summed E-state index contributed by atoms with van der Waals surface area (Å²) in [4.78, 5) is 33.1. The topological polar surface area (TPSA) is 92.1 Å². The van der Waals surface area contributed by atoms with Gasteiger partial charge in [0.25, 0.3) is 5.56 Å². The monoisotopic (exact) mass is 405 g/mol. The Morgan fingerprint density at radius 2 is 1.83 bits per heavy atom. The molecule has 3 aliphatic heterocycles. The number of amides is 1. The van der Waals surface area contributed by atoms with E-state index in [4.69, 9.17) is 0 Å². The molecular weight excluding hydrogens is 382 g/mol. The Morgan fingerprint density at radius 3 is 2.53 bits per heavy atom. The molecule has 1 N–H and O–H groups in total. The predicted molar refractivity (Wildman–Crippen MR) is 113 cm³/mol. The molecule has 1 aromatic heterocycles.